The molecule has 186 valence electrons. The molecule has 3 saturated heterocycles. The minimum absolute atomic E-state index is 0.105. The van der Waals surface area contributed by atoms with E-state index in [1.165, 1.54) is 0 Å². The monoisotopic (exact) mass is 496 g/mol. The van der Waals surface area contributed by atoms with Crippen LogP contribution in [0.5, 0.6) is 0 Å². The van der Waals surface area contributed by atoms with Crippen molar-refractivity contribution in [3.63, 3.8) is 0 Å². The van der Waals surface area contributed by atoms with Gasteiger partial charge in [-0.25, -0.2) is 13.2 Å². The molecule has 0 bridgehead atoms. The number of aliphatic carboxylic acids is 1. The summed E-state index contributed by atoms with van der Waals surface area (Å²) in [4.78, 5) is 25.9. The fourth-order valence-corrected chi connectivity index (χ4v) is 6.68. The Morgan fingerprint density at radius 3 is 2.36 bits per heavy atom. The number of aryl methyl sites for hydroxylation is 1. The maximum atomic E-state index is 13.0. The van der Waals surface area contributed by atoms with Crippen LogP contribution in [0.25, 0.3) is 0 Å². The summed E-state index contributed by atoms with van der Waals surface area (Å²) >= 11 is 0. The van der Waals surface area contributed by atoms with Crippen molar-refractivity contribution in [1.29, 1.82) is 0 Å². The molecule has 3 fully saturated rings. The second kappa shape index (κ2) is 10.0. The molecule has 3 aliphatic heterocycles. The molecule has 1 aromatic heterocycles. The average molecular weight is 497 g/mol. The first-order chi connectivity index (χ1) is 15.4. The number of fused-ring (bicyclic) bond motifs is 1. The van der Waals surface area contributed by atoms with Crippen molar-refractivity contribution in [3.05, 3.63) is 23.7 Å². The third-order valence-corrected chi connectivity index (χ3v) is 8.36. The van der Waals surface area contributed by atoms with Crippen molar-refractivity contribution in [2.75, 3.05) is 45.1 Å². The maximum Gasteiger partial charge on any atom is 0.490 e. The van der Waals surface area contributed by atoms with Gasteiger partial charge in [0.2, 0.25) is 5.91 Å². The summed E-state index contributed by atoms with van der Waals surface area (Å²) in [5, 5.41) is 6.68. The van der Waals surface area contributed by atoms with Gasteiger partial charge in [-0.2, -0.15) is 13.2 Å². The van der Waals surface area contributed by atoms with Crippen LogP contribution in [0.3, 0.4) is 0 Å². The van der Waals surface area contributed by atoms with Crippen LogP contribution < -0.4 is 0 Å². The van der Waals surface area contributed by atoms with Gasteiger partial charge in [0.25, 0.3) is 0 Å². The highest BCUT2D eigenvalue weighted by Gasteiger charge is 2.51. The number of ether oxygens (including phenoxy) is 1. The van der Waals surface area contributed by atoms with E-state index in [9.17, 15) is 26.4 Å². The maximum absolute atomic E-state index is 13.0. The molecule has 0 saturated carbocycles. The molecule has 3 atom stereocenters. The Morgan fingerprint density at radius 1 is 1.18 bits per heavy atom. The lowest BCUT2D eigenvalue weighted by molar-refractivity contribution is -0.192. The minimum Gasteiger partial charge on any atom is -0.475 e. The number of carbonyl (C=O) groups excluding carboxylic acids is 1. The molecule has 1 aromatic rings. The SMILES string of the molecule is Cc1ccc(CN2C[C@H]3[C@@H](C2)S(=O)(=O)CC[C@H]3C(=O)N2CCOCC2)o1.O=C(O)C(F)(F)F. The minimum atomic E-state index is -5.08. The van der Waals surface area contributed by atoms with Crippen LogP contribution >= 0.6 is 0 Å². The van der Waals surface area contributed by atoms with E-state index < -0.39 is 27.2 Å². The lowest BCUT2D eigenvalue weighted by Crippen LogP contribution is -2.50. The van der Waals surface area contributed by atoms with E-state index in [2.05, 4.69) is 4.90 Å². The zero-order chi connectivity index (χ0) is 24.4. The number of rotatable bonds is 3. The van der Waals surface area contributed by atoms with E-state index >= 15 is 0 Å². The van der Waals surface area contributed by atoms with E-state index in [0.717, 1.165) is 11.5 Å². The van der Waals surface area contributed by atoms with Gasteiger partial charge in [0, 0.05) is 38.0 Å². The van der Waals surface area contributed by atoms with Gasteiger partial charge in [-0.05, 0) is 25.5 Å². The number of hydrogen-bond acceptors (Lipinski definition) is 7. The highest BCUT2D eigenvalue weighted by molar-refractivity contribution is 7.92. The summed E-state index contributed by atoms with van der Waals surface area (Å²) in [5.74, 6) is -1.17. The summed E-state index contributed by atoms with van der Waals surface area (Å²) in [6.07, 6.45) is -4.65. The summed E-state index contributed by atoms with van der Waals surface area (Å²) in [5.41, 5.74) is 0. The van der Waals surface area contributed by atoms with E-state index in [1.54, 1.807) is 0 Å². The fourth-order valence-electron chi connectivity index (χ4n) is 4.55. The van der Waals surface area contributed by atoms with Gasteiger partial charge in [-0.1, -0.05) is 0 Å². The number of alkyl halides is 3. The lowest BCUT2D eigenvalue weighted by Gasteiger charge is -2.36. The second-order valence-electron chi connectivity index (χ2n) is 8.41. The number of halogens is 3. The predicted octanol–water partition coefficient (Wildman–Crippen LogP) is 1.32. The molecular formula is C20H27F3N2O7S. The van der Waals surface area contributed by atoms with Crippen molar-refractivity contribution >= 4 is 21.7 Å². The van der Waals surface area contributed by atoms with Crippen LogP contribution in [0.15, 0.2) is 16.5 Å². The van der Waals surface area contributed by atoms with E-state index in [0.29, 0.717) is 52.4 Å². The van der Waals surface area contributed by atoms with Gasteiger partial charge in [0.1, 0.15) is 11.5 Å². The van der Waals surface area contributed by atoms with Gasteiger partial charge < -0.3 is 19.2 Å². The van der Waals surface area contributed by atoms with Crippen molar-refractivity contribution in [3.8, 4) is 0 Å². The smallest absolute Gasteiger partial charge is 0.475 e. The van der Waals surface area contributed by atoms with E-state index in [1.807, 2.05) is 24.0 Å². The number of likely N-dealkylation sites (tertiary alicyclic amines) is 1. The highest BCUT2D eigenvalue weighted by atomic mass is 32.2. The largest absolute Gasteiger partial charge is 0.490 e. The molecule has 3 aliphatic rings. The zero-order valence-corrected chi connectivity index (χ0v) is 18.9. The van der Waals surface area contributed by atoms with Crippen LogP contribution in [0.2, 0.25) is 0 Å². The average Bonchev–Trinajstić information content (AvgIpc) is 3.35. The highest BCUT2D eigenvalue weighted by Crippen LogP contribution is 2.38. The molecule has 1 N–H and O–H groups in total. The molecule has 0 aromatic carbocycles. The molecule has 9 nitrogen and oxygen atoms in total. The Bertz CT molecular complexity index is 957. The Hall–Kier alpha value is -2.12. The molecular weight excluding hydrogens is 469 g/mol. The third-order valence-electron chi connectivity index (χ3n) is 6.13. The number of nitrogens with zero attached hydrogens (tertiary/aromatic N) is 2. The van der Waals surface area contributed by atoms with Crippen molar-refractivity contribution in [1.82, 2.24) is 9.80 Å². The van der Waals surface area contributed by atoms with E-state index in [-0.39, 0.29) is 23.5 Å². The quantitative estimate of drug-likeness (QED) is 0.666. The van der Waals surface area contributed by atoms with Gasteiger partial charge >= 0.3 is 12.1 Å². The van der Waals surface area contributed by atoms with Crippen molar-refractivity contribution in [2.24, 2.45) is 11.8 Å². The van der Waals surface area contributed by atoms with Crippen molar-refractivity contribution < 1.29 is 45.4 Å². The summed E-state index contributed by atoms with van der Waals surface area (Å²) < 4.78 is 67.9. The Morgan fingerprint density at radius 2 is 1.82 bits per heavy atom. The van der Waals surface area contributed by atoms with Gasteiger partial charge in [0.05, 0.1) is 30.8 Å². The molecule has 4 rings (SSSR count). The fraction of sp³-hybridized carbons (Fsp3) is 0.700. The first-order valence-electron chi connectivity index (χ1n) is 10.5. The molecule has 0 radical (unpaired) electrons. The summed E-state index contributed by atoms with van der Waals surface area (Å²) in [6.45, 7) is 5.95. The Balaban J connectivity index is 0.000000383. The molecule has 0 aliphatic carbocycles. The number of carboxylic acid groups (broad SMARTS) is 1. The molecule has 1 amide bonds. The molecule has 4 heterocycles. The number of sulfone groups is 1. The van der Waals surface area contributed by atoms with Gasteiger partial charge in [-0.15, -0.1) is 0 Å². The first-order valence-corrected chi connectivity index (χ1v) is 12.3. The number of hydrogen-bond donors (Lipinski definition) is 1. The van der Waals surface area contributed by atoms with E-state index in [4.69, 9.17) is 19.1 Å². The summed E-state index contributed by atoms with van der Waals surface area (Å²) in [7, 11) is -3.15. The predicted molar refractivity (Wildman–Crippen MR) is 109 cm³/mol. The molecule has 0 spiro atoms. The van der Waals surface area contributed by atoms with Crippen LogP contribution in [0.4, 0.5) is 13.2 Å². The topological polar surface area (TPSA) is 117 Å². The van der Waals surface area contributed by atoms with Crippen LogP contribution in [0, 0.1) is 18.8 Å². The van der Waals surface area contributed by atoms with Gasteiger partial charge in [0.15, 0.2) is 9.84 Å². The Kier molecular flexibility index (Phi) is 7.74. The number of amides is 1. The number of morpholine rings is 1. The molecule has 33 heavy (non-hydrogen) atoms. The summed E-state index contributed by atoms with van der Waals surface area (Å²) in [6, 6.07) is 3.85. The third kappa shape index (κ3) is 6.27. The first kappa shape index (κ1) is 25.5. The van der Waals surface area contributed by atoms with Crippen LogP contribution in [0.1, 0.15) is 17.9 Å². The van der Waals surface area contributed by atoms with Crippen molar-refractivity contribution in [2.45, 2.75) is 31.3 Å². The molecule has 13 heteroatoms. The number of carbonyl (C=O) groups is 2. The normalized spacial score (nSPS) is 27.4. The van der Waals surface area contributed by atoms with Crippen LogP contribution in [-0.2, 0) is 30.7 Å². The zero-order valence-electron chi connectivity index (χ0n) is 18.1. The molecule has 0 unspecified atom stereocenters. The standard InChI is InChI=1S/C18H26N2O5S.C2HF3O2/c1-13-2-3-14(25-13)10-19-11-16-15(4-9-26(22,23)17(16)12-19)18(21)20-5-7-24-8-6-20;3-2(4,5)1(6)7/h2-3,15-17H,4-12H2,1H3;(H,6,7)/t15-,16-,17-;/m1./s1. The number of furan rings is 1. The lowest BCUT2D eigenvalue weighted by atomic mass is 9.87. The Labute approximate surface area is 189 Å². The van der Waals surface area contributed by atoms with Gasteiger partial charge in [-0.3, -0.25) is 9.69 Å². The number of carboxylic acids is 1. The van der Waals surface area contributed by atoms with Crippen LogP contribution in [-0.4, -0.2) is 91.8 Å². The second-order valence-corrected chi connectivity index (χ2v) is 10.8.